The number of aliphatic carboxylic acids is 1. The van der Waals surface area contributed by atoms with Crippen molar-refractivity contribution in [1.82, 2.24) is 15.2 Å². The summed E-state index contributed by atoms with van der Waals surface area (Å²) in [7, 11) is 0. The second kappa shape index (κ2) is 7.84. The molecule has 2 N–H and O–H groups in total. The molecule has 136 valence electrons. The molecule has 0 atom stereocenters. The number of hydrogen-bond acceptors (Lipinski definition) is 5. The van der Waals surface area contributed by atoms with Crippen molar-refractivity contribution in [2.24, 2.45) is 0 Å². The summed E-state index contributed by atoms with van der Waals surface area (Å²) in [5.74, 6) is -0.825. The minimum atomic E-state index is -0.825. The maximum absolute atomic E-state index is 12.3. The first kappa shape index (κ1) is 19.2. The number of hydrogen-bond donors (Lipinski definition) is 2. The molecule has 0 aliphatic heterocycles. The van der Waals surface area contributed by atoms with E-state index in [9.17, 15) is 9.59 Å². The largest absolute Gasteiger partial charge is 0.480 e. The zero-order valence-corrected chi connectivity index (χ0v) is 15.0. The molecule has 2 heterocycles. The van der Waals surface area contributed by atoms with Crippen molar-refractivity contribution in [2.45, 2.75) is 38.8 Å². The lowest BCUT2D eigenvalue weighted by Gasteiger charge is -2.42. The second-order valence-corrected chi connectivity index (χ2v) is 6.20. The van der Waals surface area contributed by atoms with Gasteiger partial charge in [0.15, 0.2) is 11.3 Å². The van der Waals surface area contributed by atoms with Gasteiger partial charge >= 0.3 is 5.97 Å². The number of likely N-dealkylation sites (N-methyl/N-ethyl adjacent to an activating group) is 1. The highest BCUT2D eigenvalue weighted by Crippen LogP contribution is 2.26. The normalized spacial score (nSPS) is 19.3. The third-order valence-electron chi connectivity index (χ3n) is 4.45. The molecule has 0 unspecified atom stereocenters. The van der Waals surface area contributed by atoms with Crippen molar-refractivity contribution in [3.05, 3.63) is 29.7 Å². The van der Waals surface area contributed by atoms with Gasteiger partial charge in [0.2, 0.25) is 0 Å². The average molecular weight is 368 g/mol. The molecule has 3 rings (SSSR count). The number of nitrogens with one attached hydrogen (secondary N) is 1. The summed E-state index contributed by atoms with van der Waals surface area (Å²) in [4.78, 5) is 29.4. The lowest BCUT2D eigenvalue weighted by atomic mass is 9.85. The molecule has 2 aromatic rings. The number of halogens is 1. The van der Waals surface area contributed by atoms with Gasteiger partial charge in [-0.15, -0.1) is 12.4 Å². The fourth-order valence-electron chi connectivity index (χ4n) is 3.07. The van der Waals surface area contributed by atoms with Crippen molar-refractivity contribution in [3.8, 4) is 0 Å². The van der Waals surface area contributed by atoms with E-state index >= 15 is 0 Å². The van der Waals surface area contributed by atoms with E-state index in [2.05, 4.69) is 10.3 Å². The first-order chi connectivity index (χ1) is 11.5. The van der Waals surface area contributed by atoms with Gasteiger partial charge in [-0.05, 0) is 38.4 Å². The van der Waals surface area contributed by atoms with Crippen LogP contribution in [-0.4, -0.2) is 52.0 Å². The molecule has 0 saturated heterocycles. The highest BCUT2D eigenvalue weighted by molar-refractivity contribution is 5.95. The quantitative estimate of drug-likeness (QED) is 0.812. The van der Waals surface area contributed by atoms with Crippen LogP contribution in [0, 0.1) is 6.92 Å². The smallest absolute Gasteiger partial charge is 0.317 e. The number of rotatable bonds is 6. The summed E-state index contributed by atoms with van der Waals surface area (Å²) >= 11 is 0. The van der Waals surface area contributed by atoms with E-state index in [1.165, 1.54) is 0 Å². The van der Waals surface area contributed by atoms with Crippen molar-refractivity contribution in [2.75, 3.05) is 13.1 Å². The van der Waals surface area contributed by atoms with Crippen molar-refractivity contribution in [3.63, 3.8) is 0 Å². The molecular formula is C17H22ClN3O4. The van der Waals surface area contributed by atoms with E-state index in [1.807, 2.05) is 24.8 Å². The van der Waals surface area contributed by atoms with E-state index in [0.29, 0.717) is 17.6 Å². The number of carboxylic acids is 1. The standard InChI is InChI=1S/C17H21N3O4.ClH/c1-3-20(9-16(21)22)12-6-11(7-12)19-17(23)15-8-13-14(24-15)5-4-10(2)18-13;/h4-5,8,11-12H,3,6-7,9H2,1-2H3,(H,19,23)(H,21,22);1H. The number of furan rings is 1. The number of aryl methyl sites for hydroxylation is 1. The van der Waals surface area contributed by atoms with E-state index in [4.69, 9.17) is 9.52 Å². The molecule has 1 saturated carbocycles. The summed E-state index contributed by atoms with van der Waals surface area (Å²) in [5.41, 5.74) is 2.14. The van der Waals surface area contributed by atoms with Crippen LogP contribution in [-0.2, 0) is 4.79 Å². The van der Waals surface area contributed by atoms with Crippen LogP contribution < -0.4 is 5.32 Å². The fraction of sp³-hybridized carbons (Fsp3) is 0.471. The molecule has 8 heteroatoms. The molecule has 0 spiro atoms. The Hall–Kier alpha value is -2.12. The van der Waals surface area contributed by atoms with Crippen LogP contribution >= 0.6 is 12.4 Å². The molecule has 1 amide bonds. The maximum Gasteiger partial charge on any atom is 0.317 e. The maximum atomic E-state index is 12.3. The minimum Gasteiger partial charge on any atom is -0.480 e. The van der Waals surface area contributed by atoms with E-state index in [1.54, 1.807) is 12.1 Å². The molecule has 0 bridgehead atoms. The Labute approximate surface area is 151 Å². The number of amides is 1. The number of pyridine rings is 1. The number of carbonyl (C=O) groups is 2. The van der Waals surface area contributed by atoms with E-state index in [-0.39, 0.29) is 42.7 Å². The van der Waals surface area contributed by atoms with Crippen LogP contribution in [0.3, 0.4) is 0 Å². The minimum absolute atomic E-state index is 0. The molecular weight excluding hydrogens is 346 g/mol. The van der Waals surface area contributed by atoms with Crippen molar-refractivity contribution < 1.29 is 19.1 Å². The molecule has 2 aromatic heterocycles. The van der Waals surface area contributed by atoms with Gasteiger partial charge in [-0.2, -0.15) is 0 Å². The van der Waals surface area contributed by atoms with E-state index in [0.717, 1.165) is 18.5 Å². The van der Waals surface area contributed by atoms with Crippen LogP contribution in [0.1, 0.15) is 36.0 Å². The zero-order chi connectivity index (χ0) is 17.3. The molecule has 1 aliphatic carbocycles. The van der Waals surface area contributed by atoms with Gasteiger partial charge in [0, 0.05) is 23.8 Å². The van der Waals surface area contributed by atoms with Gasteiger partial charge in [0.1, 0.15) is 5.52 Å². The number of aromatic nitrogens is 1. The summed E-state index contributed by atoms with van der Waals surface area (Å²) < 4.78 is 5.54. The monoisotopic (exact) mass is 367 g/mol. The van der Waals surface area contributed by atoms with Gasteiger partial charge in [-0.25, -0.2) is 4.98 Å². The number of fused-ring (bicyclic) bond motifs is 1. The highest BCUT2D eigenvalue weighted by atomic mass is 35.5. The topological polar surface area (TPSA) is 95.7 Å². The fourth-order valence-corrected chi connectivity index (χ4v) is 3.07. The number of nitrogens with zero attached hydrogens (tertiary/aromatic N) is 2. The molecule has 7 nitrogen and oxygen atoms in total. The van der Waals surface area contributed by atoms with Crippen molar-refractivity contribution >= 4 is 35.4 Å². The predicted octanol–water partition coefficient (Wildman–Crippen LogP) is 2.23. The summed E-state index contributed by atoms with van der Waals surface area (Å²) in [6.45, 7) is 4.55. The zero-order valence-electron chi connectivity index (χ0n) is 14.2. The Morgan fingerprint density at radius 2 is 2.12 bits per heavy atom. The average Bonchev–Trinajstić information content (AvgIpc) is 2.91. The Bertz CT molecular complexity index is 770. The number of carboxylic acid groups (broad SMARTS) is 1. The SMILES string of the molecule is CCN(CC(=O)O)C1CC(NC(=O)c2cc3nc(C)ccc3o2)C1.Cl. The summed E-state index contributed by atoms with van der Waals surface area (Å²) in [6, 6.07) is 5.55. The van der Waals surface area contributed by atoms with Crippen LogP contribution in [0.4, 0.5) is 0 Å². The first-order valence-corrected chi connectivity index (χ1v) is 8.10. The molecule has 1 aliphatic rings. The van der Waals surface area contributed by atoms with Crippen LogP contribution in [0.15, 0.2) is 22.6 Å². The summed E-state index contributed by atoms with van der Waals surface area (Å²) in [6.07, 6.45) is 1.51. The Balaban J connectivity index is 0.00000225. The summed E-state index contributed by atoms with van der Waals surface area (Å²) in [5, 5.41) is 11.8. The van der Waals surface area contributed by atoms with Gasteiger partial charge in [-0.1, -0.05) is 6.92 Å². The van der Waals surface area contributed by atoms with Gasteiger partial charge in [0.25, 0.3) is 5.91 Å². The Morgan fingerprint density at radius 1 is 1.40 bits per heavy atom. The van der Waals surface area contributed by atoms with E-state index < -0.39 is 5.97 Å². The molecule has 25 heavy (non-hydrogen) atoms. The first-order valence-electron chi connectivity index (χ1n) is 8.10. The third-order valence-corrected chi connectivity index (χ3v) is 4.45. The molecule has 0 radical (unpaired) electrons. The number of carbonyl (C=O) groups excluding carboxylic acids is 1. The lowest BCUT2D eigenvalue weighted by Crippen LogP contribution is -2.54. The lowest BCUT2D eigenvalue weighted by molar-refractivity contribution is -0.139. The van der Waals surface area contributed by atoms with Gasteiger partial charge in [-0.3, -0.25) is 14.5 Å². The second-order valence-electron chi connectivity index (χ2n) is 6.20. The Kier molecular flexibility index (Phi) is 6.02. The van der Waals surface area contributed by atoms with Crippen LogP contribution in [0.25, 0.3) is 11.1 Å². The molecule has 0 aromatic carbocycles. The van der Waals surface area contributed by atoms with Crippen molar-refractivity contribution in [1.29, 1.82) is 0 Å². The Morgan fingerprint density at radius 3 is 2.76 bits per heavy atom. The highest BCUT2D eigenvalue weighted by Gasteiger charge is 2.35. The van der Waals surface area contributed by atoms with Crippen LogP contribution in [0.2, 0.25) is 0 Å². The van der Waals surface area contributed by atoms with Gasteiger partial charge in [0.05, 0.1) is 6.54 Å². The third kappa shape index (κ3) is 4.29. The van der Waals surface area contributed by atoms with Gasteiger partial charge < -0.3 is 14.8 Å². The predicted molar refractivity (Wildman–Crippen MR) is 95.2 cm³/mol. The van der Waals surface area contributed by atoms with Crippen LogP contribution in [0.5, 0.6) is 0 Å². The molecule has 1 fully saturated rings.